The molecule has 2 aliphatic rings. The van der Waals surface area contributed by atoms with Crippen LogP contribution < -0.4 is 19.7 Å². The zero-order valence-corrected chi connectivity index (χ0v) is 17.7. The van der Waals surface area contributed by atoms with E-state index in [1.54, 1.807) is 17.1 Å². The molecule has 2 aromatic heterocycles. The summed E-state index contributed by atoms with van der Waals surface area (Å²) in [5.74, 6) is 2.76. The van der Waals surface area contributed by atoms with Gasteiger partial charge in [-0.3, -0.25) is 9.36 Å². The highest BCUT2D eigenvalue weighted by atomic mass is 16.7. The second-order valence-corrected chi connectivity index (χ2v) is 7.74. The number of anilines is 1. The minimum absolute atomic E-state index is 0.0625. The number of rotatable bonds is 6. The smallest absolute Gasteiger partial charge is 0.237 e. The maximum Gasteiger partial charge on any atom is 0.237 e. The van der Waals surface area contributed by atoms with Crippen molar-refractivity contribution in [3.8, 4) is 17.4 Å². The van der Waals surface area contributed by atoms with E-state index in [1.807, 2.05) is 37.4 Å². The van der Waals surface area contributed by atoms with Crippen molar-refractivity contribution >= 4 is 11.7 Å². The minimum Gasteiger partial charge on any atom is -0.454 e. The predicted octanol–water partition coefficient (Wildman–Crippen LogP) is 1.61. The molecular formula is C22H24N6O4. The van der Waals surface area contributed by atoms with E-state index in [2.05, 4.69) is 25.2 Å². The first-order valence-corrected chi connectivity index (χ1v) is 10.5. The van der Waals surface area contributed by atoms with Crippen LogP contribution in [0.25, 0.3) is 5.95 Å². The fourth-order valence-electron chi connectivity index (χ4n) is 3.77. The van der Waals surface area contributed by atoms with Crippen LogP contribution >= 0.6 is 0 Å². The number of aromatic nitrogens is 4. The molecule has 1 N–H and O–H groups in total. The molecule has 10 nitrogen and oxygen atoms in total. The Morgan fingerprint density at radius 1 is 1.22 bits per heavy atom. The lowest BCUT2D eigenvalue weighted by molar-refractivity contribution is -0.124. The molecule has 1 aromatic carbocycles. The predicted molar refractivity (Wildman–Crippen MR) is 115 cm³/mol. The number of benzene rings is 1. The van der Waals surface area contributed by atoms with Gasteiger partial charge in [-0.15, -0.1) is 0 Å². The number of carbonyl (C=O) groups is 1. The third kappa shape index (κ3) is 4.50. The van der Waals surface area contributed by atoms with E-state index in [0.29, 0.717) is 37.9 Å². The van der Waals surface area contributed by atoms with Crippen LogP contribution in [-0.4, -0.2) is 58.0 Å². The first-order chi connectivity index (χ1) is 15.6. The quantitative estimate of drug-likeness (QED) is 0.622. The Bertz CT molecular complexity index is 1100. The Morgan fingerprint density at radius 3 is 3.00 bits per heavy atom. The third-order valence-electron chi connectivity index (χ3n) is 5.37. The van der Waals surface area contributed by atoms with Gasteiger partial charge in [0.25, 0.3) is 0 Å². The van der Waals surface area contributed by atoms with E-state index in [1.165, 1.54) is 0 Å². The number of fused-ring (bicyclic) bond motifs is 1. The summed E-state index contributed by atoms with van der Waals surface area (Å²) in [6, 6.07) is 7.61. The van der Waals surface area contributed by atoms with Gasteiger partial charge in [0.15, 0.2) is 11.5 Å². The summed E-state index contributed by atoms with van der Waals surface area (Å²) in [6.45, 7) is 4.41. The molecule has 1 saturated heterocycles. The average Bonchev–Trinajstić information content (AvgIpc) is 3.49. The Hall–Kier alpha value is -3.66. The Morgan fingerprint density at radius 2 is 2.12 bits per heavy atom. The van der Waals surface area contributed by atoms with Crippen LogP contribution in [0, 0.1) is 6.92 Å². The number of nitrogens with zero attached hydrogens (tertiary/aromatic N) is 5. The van der Waals surface area contributed by atoms with Crippen LogP contribution in [0.4, 0.5) is 5.82 Å². The highest BCUT2D eigenvalue weighted by molar-refractivity contribution is 5.76. The van der Waals surface area contributed by atoms with Crippen LogP contribution in [0.15, 0.2) is 43.0 Å². The average molecular weight is 436 g/mol. The van der Waals surface area contributed by atoms with Gasteiger partial charge in [0.05, 0.1) is 19.1 Å². The Balaban J connectivity index is 1.19. The van der Waals surface area contributed by atoms with Crippen molar-refractivity contribution < 1.29 is 19.0 Å². The molecule has 166 valence electrons. The standard InChI is InChI=1S/C22H24N6O4/c1-15-8-20(26-22(25-15)28-5-4-23-13-28)27-6-7-30-17(12-27)10-21(29)24-11-16-2-3-18-19(9-16)32-14-31-18/h2-5,8-9,13,17H,6-7,10-12,14H2,1H3,(H,24,29). The molecule has 1 unspecified atom stereocenters. The monoisotopic (exact) mass is 436 g/mol. The first kappa shape index (κ1) is 20.3. The molecule has 10 heteroatoms. The van der Waals surface area contributed by atoms with Crippen LogP contribution in [-0.2, 0) is 16.1 Å². The summed E-state index contributed by atoms with van der Waals surface area (Å²) < 4.78 is 18.3. The van der Waals surface area contributed by atoms with Gasteiger partial charge in [-0.25, -0.2) is 9.97 Å². The molecule has 2 aliphatic heterocycles. The normalized spacial score (nSPS) is 17.4. The second-order valence-electron chi connectivity index (χ2n) is 7.74. The van der Waals surface area contributed by atoms with Gasteiger partial charge in [0.1, 0.15) is 12.1 Å². The number of nitrogens with one attached hydrogen (secondary N) is 1. The maximum atomic E-state index is 12.5. The molecule has 0 saturated carbocycles. The third-order valence-corrected chi connectivity index (χ3v) is 5.37. The van der Waals surface area contributed by atoms with E-state index in [9.17, 15) is 4.79 Å². The van der Waals surface area contributed by atoms with Crippen LogP contribution in [0.1, 0.15) is 17.7 Å². The number of carbonyl (C=O) groups excluding carboxylic acids is 1. The SMILES string of the molecule is Cc1cc(N2CCOC(CC(=O)NCc3ccc4c(c3)OCO4)C2)nc(-n2ccnc2)n1. The summed E-state index contributed by atoms with van der Waals surface area (Å²) >= 11 is 0. The highest BCUT2D eigenvalue weighted by Gasteiger charge is 2.24. The van der Waals surface area contributed by atoms with Gasteiger partial charge >= 0.3 is 0 Å². The van der Waals surface area contributed by atoms with E-state index >= 15 is 0 Å². The number of morpholine rings is 1. The van der Waals surface area contributed by atoms with E-state index in [0.717, 1.165) is 22.8 Å². The first-order valence-electron chi connectivity index (χ1n) is 10.5. The Labute approximate surface area is 185 Å². The summed E-state index contributed by atoms with van der Waals surface area (Å²) in [6.07, 6.45) is 5.24. The number of ether oxygens (including phenoxy) is 3. The molecule has 0 spiro atoms. The molecule has 1 fully saturated rings. The number of amides is 1. The molecule has 5 rings (SSSR count). The van der Waals surface area contributed by atoms with Gasteiger partial charge < -0.3 is 24.4 Å². The van der Waals surface area contributed by atoms with Gasteiger partial charge in [-0.05, 0) is 24.6 Å². The van der Waals surface area contributed by atoms with E-state index in [-0.39, 0.29) is 25.2 Å². The number of imidazole rings is 1. The lowest BCUT2D eigenvalue weighted by atomic mass is 10.1. The molecule has 3 aromatic rings. The van der Waals surface area contributed by atoms with Gasteiger partial charge in [0, 0.05) is 43.8 Å². The van der Waals surface area contributed by atoms with Crippen molar-refractivity contribution in [1.82, 2.24) is 24.8 Å². The number of aryl methyl sites for hydroxylation is 1. The largest absolute Gasteiger partial charge is 0.454 e. The lowest BCUT2D eigenvalue weighted by Crippen LogP contribution is -2.45. The zero-order valence-electron chi connectivity index (χ0n) is 17.7. The summed E-state index contributed by atoms with van der Waals surface area (Å²) in [5, 5.41) is 2.96. The van der Waals surface area contributed by atoms with Gasteiger partial charge in [0.2, 0.25) is 18.6 Å². The van der Waals surface area contributed by atoms with Crippen molar-refractivity contribution in [1.29, 1.82) is 0 Å². The highest BCUT2D eigenvalue weighted by Crippen LogP contribution is 2.32. The summed E-state index contributed by atoms with van der Waals surface area (Å²) in [4.78, 5) is 27.9. The molecule has 0 radical (unpaired) electrons. The minimum atomic E-state index is -0.215. The van der Waals surface area contributed by atoms with Gasteiger partial charge in [-0.2, -0.15) is 4.98 Å². The van der Waals surface area contributed by atoms with Crippen molar-refractivity contribution in [3.05, 3.63) is 54.2 Å². The van der Waals surface area contributed by atoms with Crippen molar-refractivity contribution in [2.45, 2.75) is 26.0 Å². The summed E-state index contributed by atoms with van der Waals surface area (Å²) in [5.41, 5.74) is 1.82. The van der Waals surface area contributed by atoms with Crippen molar-refractivity contribution in [2.24, 2.45) is 0 Å². The fourth-order valence-corrected chi connectivity index (χ4v) is 3.77. The van der Waals surface area contributed by atoms with E-state index < -0.39 is 0 Å². The van der Waals surface area contributed by atoms with Crippen LogP contribution in [0.2, 0.25) is 0 Å². The van der Waals surface area contributed by atoms with E-state index in [4.69, 9.17) is 14.2 Å². The Kier molecular flexibility index (Phi) is 5.59. The topological polar surface area (TPSA) is 104 Å². The second kappa shape index (κ2) is 8.83. The molecule has 1 amide bonds. The van der Waals surface area contributed by atoms with Crippen LogP contribution in [0.5, 0.6) is 11.5 Å². The zero-order chi connectivity index (χ0) is 21.9. The molecule has 0 aliphatic carbocycles. The molecule has 32 heavy (non-hydrogen) atoms. The molecular weight excluding hydrogens is 412 g/mol. The fraction of sp³-hybridized carbons (Fsp3) is 0.364. The maximum absolute atomic E-state index is 12.5. The summed E-state index contributed by atoms with van der Waals surface area (Å²) in [7, 11) is 0. The van der Waals surface area contributed by atoms with Gasteiger partial charge in [-0.1, -0.05) is 6.07 Å². The number of hydrogen-bond acceptors (Lipinski definition) is 8. The van der Waals surface area contributed by atoms with Crippen LogP contribution in [0.3, 0.4) is 0 Å². The van der Waals surface area contributed by atoms with Crippen molar-refractivity contribution in [3.63, 3.8) is 0 Å². The molecule has 4 heterocycles. The number of hydrogen-bond donors (Lipinski definition) is 1. The van der Waals surface area contributed by atoms with Crippen molar-refractivity contribution in [2.75, 3.05) is 31.4 Å². The molecule has 0 bridgehead atoms. The molecule has 1 atom stereocenters. The lowest BCUT2D eigenvalue weighted by Gasteiger charge is -2.33.